The van der Waals surface area contributed by atoms with Gasteiger partial charge in [-0.05, 0) is 5.56 Å². The van der Waals surface area contributed by atoms with Gasteiger partial charge in [-0.1, -0.05) is 60.7 Å². The van der Waals surface area contributed by atoms with Crippen molar-refractivity contribution in [3.63, 3.8) is 0 Å². The molecule has 0 amide bonds. The van der Waals surface area contributed by atoms with E-state index in [-0.39, 0.29) is 5.56 Å². The molecule has 1 atom stereocenters. The molecule has 0 heterocycles. The molecule has 3 nitrogen and oxygen atoms in total. The molecule has 120 valence electrons. The quantitative estimate of drug-likeness (QED) is 0.491. The van der Waals surface area contributed by atoms with Crippen LogP contribution in [0.3, 0.4) is 0 Å². The summed E-state index contributed by atoms with van der Waals surface area (Å²) < 4.78 is 46.1. The van der Waals surface area contributed by atoms with E-state index in [4.69, 9.17) is 0 Å². The van der Waals surface area contributed by atoms with Gasteiger partial charge in [0.1, 0.15) is 0 Å². The minimum atomic E-state index is -5.16. The fourth-order valence-electron chi connectivity index (χ4n) is 2.40. The number of Topliss-reactive ketones (excluding diaryl/α,β-unsaturated/α-hetero) is 1. The Labute approximate surface area is 130 Å². The lowest BCUT2D eigenvalue weighted by Gasteiger charge is -2.32. The predicted molar refractivity (Wildman–Crippen MR) is 77.0 cm³/mol. The first-order valence-corrected chi connectivity index (χ1v) is 6.66. The number of ketones is 1. The molecule has 0 radical (unpaired) electrons. The molecule has 0 aromatic heterocycles. The van der Waals surface area contributed by atoms with Gasteiger partial charge in [0.05, 0.1) is 7.11 Å². The zero-order chi connectivity index (χ0) is 17.1. The summed E-state index contributed by atoms with van der Waals surface area (Å²) in [4.78, 5) is 24.8. The molecule has 0 aliphatic heterocycles. The van der Waals surface area contributed by atoms with Crippen LogP contribution in [0.15, 0.2) is 60.7 Å². The van der Waals surface area contributed by atoms with Crippen molar-refractivity contribution in [1.82, 2.24) is 0 Å². The second-order valence-corrected chi connectivity index (χ2v) is 4.80. The zero-order valence-corrected chi connectivity index (χ0v) is 12.1. The normalized spacial score (nSPS) is 13.9. The standard InChI is InChI=1S/C17H13F3O3/c1-23-15(22)16(17(18,19)20,13-10-6-3-7-11-13)14(21)12-8-4-2-5-9-12/h2-11H,1H3. The number of hydrogen-bond donors (Lipinski definition) is 0. The molecule has 0 fully saturated rings. The van der Waals surface area contributed by atoms with Crippen molar-refractivity contribution in [2.45, 2.75) is 11.6 Å². The highest BCUT2D eigenvalue weighted by atomic mass is 19.4. The molecular weight excluding hydrogens is 309 g/mol. The van der Waals surface area contributed by atoms with Crippen molar-refractivity contribution in [3.05, 3.63) is 71.8 Å². The van der Waals surface area contributed by atoms with Crippen LogP contribution in [0, 0.1) is 0 Å². The molecule has 0 N–H and O–H groups in total. The third kappa shape index (κ3) is 2.72. The summed E-state index contributed by atoms with van der Waals surface area (Å²) in [5.41, 5.74) is -4.10. The molecule has 0 saturated carbocycles. The van der Waals surface area contributed by atoms with Crippen molar-refractivity contribution in [1.29, 1.82) is 0 Å². The van der Waals surface area contributed by atoms with E-state index in [2.05, 4.69) is 4.74 Å². The van der Waals surface area contributed by atoms with E-state index in [0.29, 0.717) is 0 Å². The summed E-state index contributed by atoms with van der Waals surface area (Å²) >= 11 is 0. The first-order valence-electron chi connectivity index (χ1n) is 6.66. The van der Waals surface area contributed by atoms with Gasteiger partial charge >= 0.3 is 12.1 Å². The van der Waals surface area contributed by atoms with E-state index in [1.165, 1.54) is 42.5 Å². The smallest absolute Gasteiger partial charge is 0.416 e. The lowest BCUT2D eigenvalue weighted by Crippen LogP contribution is -2.55. The third-order valence-electron chi connectivity index (χ3n) is 3.50. The van der Waals surface area contributed by atoms with Gasteiger partial charge < -0.3 is 4.74 Å². The monoisotopic (exact) mass is 322 g/mol. The van der Waals surface area contributed by atoms with Crippen LogP contribution >= 0.6 is 0 Å². The maximum absolute atomic E-state index is 13.9. The topological polar surface area (TPSA) is 43.4 Å². The Balaban J connectivity index is 2.78. The summed E-state index contributed by atoms with van der Waals surface area (Å²) in [6.45, 7) is 0. The van der Waals surface area contributed by atoms with Gasteiger partial charge in [0, 0.05) is 5.56 Å². The predicted octanol–water partition coefficient (Wildman–Crippen LogP) is 3.54. The molecule has 1 unspecified atom stereocenters. The largest absolute Gasteiger partial charge is 0.468 e. The Bertz CT molecular complexity index is 696. The van der Waals surface area contributed by atoms with Crippen molar-refractivity contribution in [3.8, 4) is 0 Å². The zero-order valence-electron chi connectivity index (χ0n) is 12.1. The Hall–Kier alpha value is -2.63. The van der Waals surface area contributed by atoms with Gasteiger partial charge in [-0.2, -0.15) is 13.2 Å². The van der Waals surface area contributed by atoms with Gasteiger partial charge in [-0.15, -0.1) is 0 Å². The van der Waals surface area contributed by atoms with E-state index >= 15 is 0 Å². The Morgan fingerprint density at radius 2 is 1.35 bits per heavy atom. The minimum absolute atomic E-state index is 0.223. The van der Waals surface area contributed by atoms with Gasteiger partial charge in [-0.3, -0.25) is 9.59 Å². The first-order chi connectivity index (χ1) is 10.9. The molecule has 0 aliphatic rings. The van der Waals surface area contributed by atoms with Crippen LogP contribution in [0.25, 0.3) is 0 Å². The maximum atomic E-state index is 13.9. The number of carbonyl (C=O) groups is 2. The lowest BCUT2D eigenvalue weighted by atomic mass is 9.73. The van der Waals surface area contributed by atoms with Crippen molar-refractivity contribution >= 4 is 11.8 Å². The highest BCUT2D eigenvalue weighted by Gasteiger charge is 2.67. The van der Waals surface area contributed by atoms with Crippen LogP contribution < -0.4 is 0 Å². The second kappa shape index (κ2) is 6.24. The summed E-state index contributed by atoms with van der Waals surface area (Å²) in [6.07, 6.45) is -5.16. The average Bonchev–Trinajstić information content (AvgIpc) is 2.55. The number of halogens is 3. The number of rotatable bonds is 4. The highest BCUT2D eigenvalue weighted by molar-refractivity contribution is 6.18. The first kappa shape index (κ1) is 16.7. The lowest BCUT2D eigenvalue weighted by molar-refractivity contribution is -0.195. The molecule has 2 aromatic carbocycles. The van der Waals surface area contributed by atoms with E-state index in [0.717, 1.165) is 19.2 Å². The molecule has 0 saturated heterocycles. The molecule has 23 heavy (non-hydrogen) atoms. The van der Waals surface area contributed by atoms with Crippen LogP contribution in [0.1, 0.15) is 15.9 Å². The SMILES string of the molecule is COC(=O)C(C(=O)c1ccccc1)(c1ccccc1)C(F)(F)F. The van der Waals surface area contributed by atoms with E-state index < -0.39 is 28.9 Å². The van der Waals surface area contributed by atoms with Gasteiger partial charge in [-0.25, -0.2) is 0 Å². The molecule has 0 aliphatic carbocycles. The summed E-state index contributed by atoms with van der Waals surface area (Å²) in [7, 11) is 0.823. The van der Waals surface area contributed by atoms with E-state index in [9.17, 15) is 22.8 Å². The van der Waals surface area contributed by atoms with Crippen molar-refractivity contribution < 1.29 is 27.5 Å². The van der Waals surface area contributed by atoms with Crippen molar-refractivity contribution in [2.75, 3.05) is 7.11 Å². The number of benzene rings is 2. The second-order valence-electron chi connectivity index (χ2n) is 4.80. The number of ether oxygens (including phenoxy) is 1. The van der Waals surface area contributed by atoms with E-state index in [1.807, 2.05) is 0 Å². The molecular formula is C17H13F3O3. The number of esters is 1. The fraction of sp³-hybridized carbons (Fsp3) is 0.176. The summed E-state index contributed by atoms with van der Waals surface area (Å²) in [6, 6.07) is 13.2. The van der Waals surface area contributed by atoms with Crippen molar-refractivity contribution in [2.24, 2.45) is 0 Å². The maximum Gasteiger partial charge on any atom is 0.416 e. The highest BCUT2D eigenvalue weighted by Crippen LogP contribution is 2.44. The van der Waals surface area contributed by atoms with Crippen LogP contribution in [-0.4, -0.2) is 25.0 Å². The Morgan fingerprint density at radius 1 is 0.870 bits per heavy atom. The minimum Gasteiger partial charge on any atom is -0.468 e. The molecule has 2 rings (SSSR count). The Morgan fingerprint density at radius 3 is 1.78 bits per heavy atom. The van der Waals surface area contributed by atoms with E-state index in [1.54, 1.807) is 6.07 Å². The number of hydrogen-bond acceptors (Lipinski definition) is 3. The molecule has 6 heteroatoms. The molecule has 0 bridgehead atoms. The number of methoxy groups -OCH3 is 1. The fourth-order valence-corrected chi connectivity index (χ4v) is 2.40. The number of alkyl halides is 3. The molecule has 2 aromatic rings. The molecule has 0 spiro atoms. The summed E-state index contributed by atoms with van der Waals surface area (Å²) in [5.74, 6) is -3.03. The van der Waals surface area contributed by atoms with Crippen LogP contribution in [-0.2, 0) is 14.9 Å². The van der Waals surface area contributed by atoms with Crippen LogP contribution in [0.4, 0.5) is 13.2 Å². The van der Waals surface area contributed by atoms with Crippen LogP contribution in [0.5, 0.6) is 0 Å². The number of carbonyl (C=O) groups excluding carboxylic acids is 2. The third-order valence-corrected chi connectivity index (χ3v) is 3.50. The van der Waals surface area contributed by atoms with Gasteiger partial charge in [0.2, 0.25) is 5.41 Å². The Kier molecular flexibility index (Phi) is 4.54. The van der Waals surface area contributed by atoms with Crippen LogP contribution in [0.2, 0.25) is 0 Å². The summed E-state index contributed by atoms with van der Waals surface area (Å²) in [5, 5.41) is 0. The average molecular weight is 322 g/mol. The van der Waals surface area contributed by atoms with Gasteiger partial charge in [0.15, 0.2) is 5.78 Å². The van der Waals surface area contributed by atoms with Gasteiger partial charge in [0.25, 0.3) is 0 Å².